The van der Waals surface area contributed by atoms with Gasteiger partial charge >= 0.3 is 5.97 Å². The number of ether oxygens (including phenoxy) is 2. The number of rotatable bonds is 1. The lowest BCUT2D eigenvalue weighted by Crippen LogP contribution is -2.59. The first-order chi connectivity index (χ1) is 7.15. The van der Waals surface area contributed by atoms with Crippen LogP contribution in [0.4, 0.5) is 0 Å². The average Bonchev–Trinajstić information content (AvgIpc) is 2.58. The molecule has 1 aliphatic carbocycles. The molecular formula is C11H19NO3. The molecule has 2 aliphatic rings. The van der Waals surface area contributed by atoms with Gasteiger partial charge in [-0.1, -0.05) is 6.42 Å². The Kier molecular flexibility index (Phi) is 2.73. The molecule has 15 heavy (non-hydrogen) atoms. The molecule has 0 aromatic heterocycles. The maximum absolute atomic E-state index is 11.8. The zero-order valence-electron chi connectivity index (χ0n) is 9.25. The number of hydrogen-bond acceptors (Lipinski definition) is 4. The maximum Gasteiger partial charge on any atom is 0.326 e. The van der Waals surface area contributed by atoms with E-state index in [0.29, 0.717) is 0 Å². The van der Waals surface area contributed by atoms with Crippen molar-refractivity contribution in [2.45, 2.75) is 37.6 Å². The fourth-order valence-electron chi connectivity index (χ4n) is 3.15. The van der Waals surface area contributed by atoms with Gasteiger partial charge in [-0.15, -0.1) is 0 Å². The van der Waals surface area contributed by atoms with Crippen molar-refractivity contribution in [2.75, 3.05) is 20.3 Å². The Labute approximate surface area is 90.1 Å². The Morgan fingerprint density at radius 1 is 1.27 bits per heavy atom. The van der Waals surface area contributed by atoms with Crippen LogP contribution in [-0.2, 0) is 14.3 Å². The summed E-state index contributed by atoms with van der Waals surface area (Å²) in [6.07, 6.45) is 4.57. The summed E-state index contributed by atoms with van der Waals surface area (Å²) in [5.74, 6) is -0.248. The smallest absolute Gasteiger partial charge is 0.326 e. The van der Waals surface area contributed by atoms with E-state index in [0.717, 1.165) is 45.3 Å². The highest BCUT2D eigenvalue weighted by molar-refractivity contribution is 5.82. The van der Waals surface area contributed by atoms with E-state index in [-0.39, 0.29) is 11.4 Å². The topological polar surface area (TPSA) is 61.5 Å². The molecule has 86 valence electrons. The summed E-state index contributed by atoms with van der Waals surface area (Å²) in [4.78, 5) is 11.8. The van der Waals surface area contributed by atoms with Gasteiger partial charge in [-0.25, -0.2) is 0 Å². The van der Waals surface area contributed by atoms with Gasteiger partial charge in [0.2, 0.25) is 0 Å². The van der Waals surface area contributed by atoms with Gasteiger partial charge in [-0.05, 0) is 25.7 Å². The second kappa shape index (κ2) is 3.76. The van der Waals surface area contributed by atoms with Gasteiger partial charge in [0.15, 0.2) is 0 Å². The van der Waals surface area contributed by atoms with E-state index in [1.807, 2.05) is 0 Å². The SMILES string of the molecule is COC(=O)C1(N)CCCC12CCOCC2. The number of carbonyl (C=O) groups excluding carboxylic acids is 1. The van der Waals surface area contributed by atoms with Crippen LogP contribution in [0.15, 0.2) is 0 Å². The quantitative estimate of drug-likeness (QED) is 0.656. The third kappa shape index (κ3) is 1.47. The predicted molar refractivity (Wildman–Crippen MR) is 55.3 cm³/mol. The van der Waals surface area contributed by atoms with E-state index in [2.05, 4.69) is 0 Å². The van der Waals surface area contributed by atoms with Crippen LogP contribution in [0.25, 0.3) is 0 Å². The van der Waals surface area contributed by atoms with Gasteiger partial charge in [0, 0.05) is 18.6 Å². The minimum Gasteiger partial charge on any atom is -0.468 e. The maximum atomic E-state index is 11.8. The molecule has 2 fully saturated rings. The van der Waals surface area contributed by atoms with Gasteiger partial charge < -0.3 is 15.2 Å². The Bertz CT molecular complexity index is 261. The van der Waals surface area contributed by atoms with Crippen LogP contribution < -0.4 is 5.73 Å². The first-order valence-corrected chi connectivity index (χ1v) is 5.60. The van der Waals surface area contributed by atoms with E-state index in [1.54, 1.807) is 0 Å². The molecule has 1 aliphatic heterocycles. The number of nitrogens with two attached hydrogens (primary N) is 1. The monoisotopic (exact) mass is 213 g/mol. The van der Waals surface area contributed by atoms with Crippen LogP contribution in [-0.4, -0.2) is 31.8 Å². The molecule has 0 amide bonds. The zero-order valence-corrected chi connectivity index (χ0v) is 9.25. The van der Waals surface area contributed by atoms with Crippen LogP contribution >= 0.6 is 0 Å². The van der Waals surface area contributed by atoms with Gasteiger partial charge in [0.25, 0.3) is 0 Å². The van der Waals surface area contributed by atoms with Crippen molar-refractivity contribution in [1.82, 2.24) is 0 Å². The van der Waals surface area contributed by atoms with Crippen LogP contribution in [0.2, 0.25) is 0 Å². The molecule has 1 spiro atoms. The summed E-state index contributed by atoms with van der Waals surface area (Å²) in [5.41, 5.74) is 5.45. The Hall–Kier alpha value is -0.610. The van der Waals surface area contributed by atoms with E-state index in [4.69, 9.17) is 15.2 Å². The van der Waals surface area contributed by atoms with Crippen LogP contribution in [0.1, 0.15) is 32.1 Å². The van der Waals surface area contributed by atoms with Gasteiger partial charge in [-0.3, -0.25) is 4.79 Å². The summed E-state index contributed by atoms with van der Waals surface area (Å²) in [6, 6.07) is 0. The molecule has 2 rings (SSSR count). The predicted octanol–water partition coefficient (Wildman–Crippen LogP) is 0.838. The highest BCUT2D eigenvalue weighted by Crippen LogP contribution is 2.51. The Balaban J connectivity index is 2.26. The highest BCUT2D eigenvalue weighted by atomic mass is 16.5. The van der Waals surface area contributed by atoms with Crippen molar-refractivity contribution in [2.24, 2.45) is 11.1 Å². The normalized spacial score (nSPS) is 34.3. The first-order valence-electron chi connectivity index (χ1n) is 5.60. The molecule has 0 aromatic rings. The van der Waals surface area contributed by atoms with Crippen LogP contribution in [0.5, 0.6) is 0 Å². The summed E-state index contributed by atoms with van der Waals surface area (Å²) >= 11 is 0. The number of carbonyl (C=O) groups is 1. The summed E-state index contributed by atoms with van der Waals surface area (Å²) in [6.45, 7) is 1.44. The van der Waals surface area contributed by atoms with E-state index >= 15 is 0 Å². The summed E-state index contributed by atoms with van der Waals surface area (Å²) in [7, 11) is 1.42. The van der Waals surface area contributed by atoms with Crippen molar-refractivity contribution >= 4 is 5.97 Å². The lowest BCUT2D eigenvalue weighted by Gasteiger charge is -2.43. The molecule has 1 heterocycles. The van der Waals surface area contributed by atoms with Crippen molar-refractivity contribution in [3.05, 3.63) is 0 Å². The van der Waals surface area contributed by atoms with E-state index in [9.17, 15) is 4.79 Å². The summed E-state index contributed by atoms with van der Waals surface area (Å²) in [5, 5.41) is 0. The van der Waals surface area contributed by atoms with Crippen LogP contribution in [0, 0.1) is 5.41 Å². The average molecular weight is 213 g/mol. The fourth-order valence-corrected chi connectivity index (χ4v) is 3.15. The number of methoxy groups -OCH3 is 1. The van der Waals surface area contributed by atoms with E-state index in [1.165, 1.54) is 7.11 Å². The molecule has 4 nitrogen and oxygen atoms in total. The molecule has 1 atom stereocenters. The van der Waals surface area contributed by atoms with Crippen LogP contribution in [0.3, 0.4) is 0 Å². The Morgan fingerprint density at radius 2 is 1.93 bits per heavy atom. The van der Waals surface area contributed by atoms with Gasteiger partial charge in [0.1, 0.15) is 5.54 Å². The third-order valence-corrected chi connectivity index (χ3v) is 4.17. The minimum atomic E-state index is -0.772. The summed E-state index contributed by atoms with van der Waals surface area (Å²) < 4.78 is 10.2. The molecular weight excluding hydrogens is 194 g/mol. The minimum absolute atomic E-state index is 0.0711. The lowest BCUT2D eigenvalue weighted by atomic mass is 9.67. The third-order valence-electron chi connectivity index (χ3n) is 4.17. The molecule has 0 bridgehead atoms. The Morgan fingerprint density at radius 3 is 2.53 bits per heavy atom. The lowest BCUT2D eigenvalue weighted by molar-refractivity contribution is -0.154. The molecule has 4 heteroatoms. The molecule has 0 aromatic carbocycles. The van der Waals surface area contributed by atoms with E-state index < -0.39 is 5.54 Å². The van der Waals surface area contributed by atoms with Gasteiger partial charge in [0.05, 0.1) is 7.11 Å². The molecule has 2 N–H and O–H groups in total. The molecule has 0 radical (unpaired) electrons. The highest BCUT2D eigenvalue weighted by Gasteiger charge is 2.57. The van der Waals surface area contributed by atoms with Crippen molar-refractivity contribution < 1.29 is 14.3 Å². The second-order valence-electron chi connectivity index (χ2n) is 4.71. The van der Waals surface area contributed by atoms with Crippen molar-refractivity contribution in [1.29, 1.82) is 0 Å². The molecule has 1 saturated heterocycles. The number of hydrogen-bond donors (Lipinski definition) is 1. The largest absolute Gasteiger partial charge is 0.468 e. The first kappa shape index (κ1) is 10.9. The van der Waals surface area contributed by atoms with Crippen molar-refractivity contribution in [3.63, 3.8) is 0 Å². The molecule has 1 saturated carbocycles. The standard InChI is InChI=1S/C11H19NO3/c1-14-9(13)11(12)4-2-3-10(11)5-7-15-8-6-10/h2-8,12H2,1H3. The van der Waals surface area contributed by atoms with Crippen molar-refractivity contribution in [3.8, 4) is 0 Å². The zero-order chi connectivity index (χ0) is 10.9. The number of esters is 1. The van der Waals surface area contributed by atoms with Gasteiger partial charge in [-0.2, -0.15) is 0 Å². The second-order valence-corrected chi connectivity index (χ2v) is 4.71. The fraction of sp³-hybridized carbons (Fsp3) is 0.909. The molecule has 1 unspecified atom stereocenters.